The van der Waals surface area contributed by atoms with Crippen LogP contribution < -0.4 is 5.73 Å². The van der Waals surface area contributed by atoms with Crippen LogP contribution >= 0.6 is 0 Å². The molecule has 2 aromatic rings. The van der Waals surface area contributed by atoms with Crippen LogP contribution in [0.25, 0.3) is 11.7 Å². The molecule has 108 valence electrons. The van der Waals surface area contributed by atoms with Crippen molar-refractivity contribution in [1.29, 1.82) is 0 Å². The highest BCUT2D eigenvalue weighted by Crippen LogP contribution is 2.37. The van der Waals surface area contributed by atoms with Gasteiger partial charge in [0.1, 0.15) is 0 Å². The predicted octanol–water partition coefficient (Wildman–Crippen LogP) is 2.71. The first-order valence-corrected chi connectivity index (χ1v) is 7.05. The third-order valence-electron chi connectivity index (χ3n) is 4.00. The fourth-order valence-corrected chi connectivity index (χ4v) is 3.04. The van der Waals surface area contributed by atoms with Crippen LogP contribution in [0.2, 0.25) is 0 Å². The smallest absolute Gasteiger partial charge is 0.295 e. The summed E-state index contributed by atoms with van der Waals surface area (Å²) in [6.07, 6.45) is 4.09. The van der Waals surface area contributed by atoms with E-state index in [1.54, 1.807) is 6.92 Å². The van der Waals surface area contributed by atoms with Crippen molar-refractivity contribution >= 4 is 0 Å². The molecule has 2 unspecified atom stereocenters. The molecule has 2 N–H and O–H groups in total. The van der Waals surface area contributed by atoms with E-state index < -0.39 is 5.54 Å². The maximum Gasteiger partial charge on any atom is 0.295 e. The molecular formula is C14H20N4O2. The van der Waals surface area contributed by atoms with E-state index in [0.29, 0.717) is 29.3 Å². The van der Waals surface area contributed by atoms with E-state index in [0.717, 1.165) is 25.0 Å². The van der Waals surface area contributed by atoms with E-state index >= 15 is 0 Å². The van der Waals surface area contributed by atoms with Gasteiger partial charge in [0.2, 0.25) is 5.76 Å². The van der Waals surface area contributed by atoms with Crippen LogP contribution in [0, 0.1) is 19.8 Å². The molecule has 1 saturated carbocycles. The van der Waals surface area contributed by atoms with Gasteiger partial charge in [0, 0.05) is 6.92 Å². The summed E-state index contributed by atoms with van der Waals surface area (Å²) in [7, 11) is 0. The fraction of sp³-hybridized carbons (Fsp3) is 0.643. The van der Waals surface area contributed by atoms with Gasteiger partial charge >= 0.3 is 0 Å². The topological polar surface area (TPSA) is 91.0 Å². The second kappa shape index (κ2) is 4.70. The SMILES string of the molecule is Cc1nc(C)c(-c2nc(C3(N)CCCC(C)C3)no2)o1. The molecular weight excluding hydrogens is 256 g/mol. The van der Waals surface area contributed by atoms with Crippen LogP contribution in [0.1, 0.15) is 50.0 Å². The van der Waals surface area contributed by atoms with Crippen molar-refractivity contribution in [2.24, 2.45) is 11.7 Å². The predicted molar refractivity (Wildman–Crippen MR) is 72.8 cm³/mol. The zero-order chi connectivity index (χ0) is 14.3. The summed E-state index contributed by atoms with van der Waals surface area (Å²) >= 11 is 0. The van der Waals surface area contributed by atoms with Crippen molar-refractivity contribution in [2.75, 3.05) is 0 Å². The van der Waals surface area contributed by atoms with Crippen LogP contribution in [0.5, 0.6) is 0 Å². The van der Waals surface area contributed by atoms with Gasteiger partial charge in [0.15, 0.2) is 11.7 Å². The number of hydrogen-bond donors (Lipinski definition) is 1. The van der Waals surface area contributed by atoms with Gasteiger partial charge < -0.3 is 14.7 Å². The number of nitrogens with zero attached hydrogens (tertiary/aromatic N) is 3. The van der Waals surface area contributed by atoms with Crippen LogP contribution in [-0.4, -0.2) is 15.1 Å². The summed E-state index contributed by atoms with van der Waals surface area (Å²) < 4.78 is 10.8. The first-order valence-electron chi connectivity index (χ1n) is 7.05. The highest BCUT2D eigenvalue weighted by atomic mass is 16.5. The number of aryl methyl sites for hydroxylation is 2. The minimum atomic E-state index is -0.484. The Bertz CT molecular complexity index is 618. The standard InChI is InChI=1S/C14H20N4O2/c1-8-5-4-6-14(15,7-8)13-17-12(20-18-13)11-9(2)16-10(3)19-11/h8H,4-7,15H2,1-3H3. The van der Waals surface area contributed by atoms with Gasteiger partial charge in [-0.15, -0.1) is 0 Å². The summed E-state index contributed by atoms with van der Waals surface area (Å²) in [6, 6.07) is 0. The van der Waals surface area contributed by atoms with E-state index in [1.165, 1.54) is 6.42 Å². The molecule has 1 aliphatic carbocycles. The maximum atomic E-state index is 6.47. The first kappa shape index (κ1) is 13.3. The van der Waals surface area contributed by atoms with Crippen LogP contribution in [-0.2, 0) is 5.54 Å². The molecule has 0 radical (unpaired) electrons. The second-order valence-electron chi connectivity index (χ2n) is 5.93. The van der Waals surface area contributed by atoms with Gasteiger partial charge in [0.25, 0.3) is 5.89 Å². The zero-order valence-electron chi connectivity index (χ0n) is 12.1. The molecule has 2 aromatic heterocycles. The van der Waals surface area contributed by atoms with Crippen LogP contribution in [0.15, 0.2) is 8.94 Å². The Kier molecular flexibility index (Phi) is 3.12. The number of oxazole rings is 1. The molecule has 2 atom stereocenters. The Hall–Kier alpha value is -1.69. The monoisotopic (exact) mass is 276 g/mol. The largest absolute Gasteiger partial charge is 0.436 e. The highest BCUT2D eigenvalue weighted by molar-refractivity contribution is 5.47. The van der Waals surface area contributed by atoms with E-state index in [-0.39, 0.29) is 0 Å². The third kappa shape index (κ3) is 2.24. The number of hydrogen-bond acceptors (Lipinski definition) is 6. The summed E-state index contributed by atoms with van der Waals surface area (Å²) in [5.41, 5.74) is 6.74. The maximum absolute atomic E-state index is 6.47. The van der Waals surface area contributed by atoms with Crippen molar-refractivity contribution in [3.63, 3.8) is 0 Å². The molecule has 1 aliphatic rings. The minimum absolute atomic E-state index is 0.362. The lowest BCUT2D eigenvalue weighted by atomic mass is 9.76. The molecule has 0 bridgehead atoms. The molecule has 1 fully saturated rings. The number of nitrogens with two attached hydrogens (primary N) is 1. The number of aromatic nitrogens is 3. The van der Waals surface area contributed by atoms with Crippen molar-refractivity contribution in [1.82, 2.24) is 15.1 Å². The van der Waals surface area contributed by atoms with Crippen LogP contribution in [0.4, 0.5) is 0 Å². The Labute approximate surface area is 117 Å². The lowest BCUT2D eigenvalue weighted by Gasteiger charge is -2.33. The van der Waals surface area contributed by atoms with E-state index in [4.69, 9.17) is 14.7 Å². The normalized spacial score (nSPS) is 26.9. The molecule has 0 spiro atoms. The summed E-state index contributed by atoms with van der Waals surface area (Å²) in [5, 5.41) is 4.07. The average Bonchev–Trinajstić information content (AvgIpc) is 2.95. The lowest BCUT2D eigenvalue weighted by molar-refractivity contribution is 0.222. The molecule has 6 heteroatoms. The zero-order valence-corrected chi connectivity index (χ0v) is 12.1. The van der Waals surface area contributed by atoms with E-state index in [9.17, 15) is 0 Å². The minimum Gasteiger partial charge on any atom is -0.436 e. The van der Waals surface area contributed by atoms with Gasteiger partial charge in [-0.2, -0.15) is 4.98 Å². The molecule has 0 saturated heterocycles. The first-order chi connectivity index (χ1) is 9.48. The molecule has 6 nitrogen and oxygen atoms in total. The quantitative estimate of drug-likeness (QED) is 0.906. The van der Waals surface area contributed by atoms with Crippen LogP contribution in [0.3, 0.4) is 0 Å². The Morgan fingerprint density at radius 2 is 2.10 bits per heavy atom. The molecule has 0 amide bonds. The molecule has 20 heavy (non-hydrogen) atoms. The van der Waals surface area contributed by atoms with Gasteiger partial charge in [0.05, 0.1) is 11.2 Å². The average molecular weight is 276 g/mol. The second-order valence-corrected chi connectivity index (χ2v) is 5.93. The highest BCUT2D eigenvalue weighted by Gasteiger charge is 2.37. The molecule has 0 aliphatic heterocycles. The van der Waals surface area contributed by atoms with Gasteiger partial charge in [-0.05, 0) is 25.7 Å². The van der Waals surface area contributed by atoms with E-state index in [1.807, 2.05) is 6.92 Å². The molecule has 0 aromatic carbocycles. The molecule has 3 rings (SSSR count). The van der Waals surface area contributed by atoms with E-state index in [2.05, 4.69) is 22.0 Å². The Morgan fingerprint density at radius 1 is 1.30 bits per heavy atom. The van der Waals surface area contributed by atoms with Gasteiger partial charge in [-0.1, -0.05) is 24.9 Å². The Balaban J connectivity index is 1.92. The van der Waals surface area contributed by atoms with Gasteiger partial charge in [-0.3, -0.25) is 0 Å². The summed E-state index contributed by atoms with van der Waals surface area (Å²) in [6.45, 7) is 5.86. The third-order valence-corrected chi connectivity index (χ3v) is 4.00. The van der Waals surface area contributed by atoms with Gasteiger partial charge in [-0.25, -0.2) is 4.98 Å². The lowest BCUT2D eigenvalue weighted by Crippen LogP contribution is -2.42. The number of rotatable bonds is 2. The summed E-state index contributed by atoms with van der Waals surface area (Å²) in [4.78, 5) is 8.66. The van der Waals surface area contributed by atoms with Crippen molar-refractivity contribution < 1.29 is 8.94 Å². The fourth-order valence-electron chi connectivity index (χ4n) is 3.04. The summed E-state index contributed by atoms with van der Waals surface area (Å²) in [5.74, 6) is 2.65. The van der Waals surface area contributed by atoms with Crippen molar-refractivity contribution in [3.8, 4) is 11.7 Å². The molecule has 2 heterocycles. The Morgan fingerprint density at radius 3 is 2.75 bits per heavy atom. The van der Waals surface area contributed by atoms with Crippen molar-refractivity contribution in [2.45, 2.75) is 52.0 Å². The van der Waals surface area contributed by atoms with Crippen molar-refractivity contribution in [3.05, 3.63) is 17.4 Å².